The molecule has 4 rings (SSSR count). The van der Waals surface area contributed by atoms with Gasteiger partial charge in [0.1, 0.15) is 5.82 Å². The number of pyridine rings is 1. The third-order valence-corrected chi connectivity index (χ3v) is 6.02. The van der Waals surface area contributed by atoms with Crippen LogP contribution in [0.25, 0.3) is 10.9 Å². The number of fused-ring (bicyclic) bond motifs is 1. The van der Waals surface area contributed by atoms with Crippen molar-refractivity contribution in [2.75, 3.05) is 6.61 Å². The van der Waals surface area contributed by atoms with E-state index in [1.165, 1.54) is 12.1 Å². The van der Waals surface area contributed by atoms with E-state index in [0.29, 0.717) is 12.8 Å². The minimum atomic E-state index is -1.81. The van der Waals surface area contributed by atoms with E-state index in [1.54, 1.807) is 19.2 Å². The van der Waals surface area contributed by atoms with E-state index in [1.807, 2.05) is 6.07 Å². The molecule has 1 aromatic carbocycles. The number of ether oxygens (including phenoxy) is 1. The molecule has 2 aliphatic rings. The standard InChI is InChI=1S/C20H21F2NO2/c1-2-25-18(24)20(22)12-19(20)8-5-13(6-9-19)15-7-10-23-17-4-3-14(21)11-16(15)17/h3-4,7,10-11,13H,2,5-6,8-9,12H2,1H3/t13?,19?,20-/m0/s1. The summed E-state index contributed by atoms with van der Waals surface area (Å²) in [6, 6.07) is 6.56. The summed E-state index contributed by atoms with van der Waals surface area (Å²) < 4.78 is 33.5. The Bertz CT molecular complexity index is 830. The molecule has 1 aromatic heterocycles. The average molecular weight is 345 g/mol. The van der Waals surface area contributed by atoms with Gasteiger partial charge in [-0.3, -0.25) is 4.98 Å². The van der Waals surface area contributed by atoms with Crippen LogP contribution in [-0.2, 0) is 9.53 Å². The fourth-order valence-electron chi connectivity index (χ4n) is 4.51. The molecule has 5 heteroatoms. The number of hydrogen-bond donors (Lipinski definition) is 0. The number of esters is 1. The monoisotopic (exact) mass is 345 g/mol. The minimum Gasteiger partial charge on any atom is -0.464 e. The van der Waals surface area contributed by atoms with Crippen LogP contribution in [0.4, 0.5) is 8.78 Å². The van der Waals surface area contributed by atoms with Crippen molar-refractivity contribution in [1.29, 1.82) is 0 Å². The normalized spacial score (nSPS) is 31.2. The summed E-state index contributed by atoms with van der Waals surface area (Å²) in [6.07, 6.45) is 4.92. The molecule has 1 atom stereocenters. The fraction of sp³-hybridized carbons (Fsp3) is 0.500. The van der Waals surface area contributed by atoms with Crippen LogP contribution >= 0.6 is 0 Å². The van der Waals surface area contributed by atoms with Gasteiger partial charge < -0.3 is 4.74 Å². The number of aromatic nitrogens is 1. The molecule has 0 N–H and O–H groups in total. The van der Waals surface area contributed by atoms with Crippen LogP contribution in [0.5, 0.6) is 0 Å². The molecule has 0 bridgehead atoms. The molecule has 1 heterocycles. The maximum Gasteiger partial charge on any atom is 0.344 e. The number of halogens is 2. The lowest BCUT2D eigenvalue weighted by Gasteiger charge is -2.30. The Labute approximate surface area is 145 Å². The third-order valence-electron chi connectivity index (χ3n) is 6.02. The van der Waals surface area contributed by atoms with Crippen molar-refractivity contribution in [2.45, 2.75) is 50.6 Å². The first-order valence-corrected chi connectivity index (χ1v) is 8.89. The zero-order chi connectivity index (χ0) is 17.7. The van der Waals surface area contributed by atoms with Gasteiger partial charge in [0.15, 0.2) is 0 Å². The van der Waals surface area contributed by atoms with Crippen molar-refractivity contribution >= 4 is 16.9 Å². The lowest BCUT2D eigenvalue weighted by atomic mass is 9.75. The molecule has 0 amide bonds. The molecule has 2 saturated carbocycles. The van der Waals surface area contributed by atoms with Crippen LogP contribution < -0.4 is 0 Å². The van der Waals surface area contributed by atoms with Gasteiger partial charge in [0.2, 0.25) is 5.67 Å². The zero-order valence-electron chi connectivity index (χ0n) is 14.2. The Morgan fingerprint density at radius 3 is 2.80 bits per heavy atom. The quantitative estimate of drug-likeness (QED) is 0.758. The second kappa shape index (κ2) is 5.75. The predicted molar refractivity (Wildman–Crippen MR) is 90.4 cm³/mol. The Morgan fingerprint density at radius 2 is 2.08 bits per heavy atom. The Hall–Kier alpha value is -2.04. The van der Waals surface area contributed by atoms with Gasteiger partial charge in [0.25, 0.3) is 0 Å². The van der Waals surface area contributed by atoms with E-state index >= 15 is 0 Å². The zero-order valence-corrected chi connectivity index (χ0v) is 14.2. The van der Waals surface area contributed by atoms with Crippen molar-refractivity contribution < 1.29 is 18.3 Å². The number of rotatable bonds is 3. The fourth-order valence-corrected chi connectivity index (χ4v) is 4.51. The van der Waals surface area contributed by atoms with E-state index in [4.69, 9.17) is 4.74 Å². The number of nitrogens with zero attached hydrogens (tertiary/aromatic N) is 1. The largest absolute Gasteiger partial charge is 0.464 e. The summed E-state index contributed by atoms with van der Waals surface area (Å²) >= 11 is 0. The molecule has 132 valence electrons. The number of benzene rings is 1. The first kappa shape index (κ1) is 16.4. The number of carbonyl (C=O) groups is 1. The Balaban J connectivity index is 1.54. The van der Waals surface area contributed by atoms with Crippen LogP contribution in [-0.4, -0.2) is 23.2 Å². The van der Waals surface area contributed by atoms with E-state index in [2.05, 4.69) is 4.98 Å². The number of carbonyl (C=O) groups excluding carboxylic acids is 1. The van der Waals surface area contributed by atoms with Crippen molar-refractivity contribution in [2.24, 2.45) is 5.41 Å². The molecule has 3 nitrogen and oxygen atoms in total. The predicted octanol–water partition coefficient (Wildman–Crippen LogP) is 4.69. The van der Waals surface area contributed by atoms with Crippen molar-refractivity contribution in [3.63, 3.8) is 0 Å². The van der Waals surface area contributed by atoms with Gasteiger partial charge in [-0.1, -0.05) is 0 Å². The molecule has 1 spiro atoms. The van der Waals surface area contributed by atoms with Crippen molar-refractivity contribution in [3.05, 3.63) is 41.8 Å². The highest BCUT2D eigenvalue weighted by Gasteiger charge is 2.74. The molecule has 0 saturated heterocycles. The van der Waals surface area contributed by atoms with Gasteiger partial charge in [-0.2, -0.15) is 0 Å². The van der Waals surface area contributed by atoms with E-state index in [-0.39, 0.29) is 24.8 Å². The highest BCUT2D eigenvalue weighted by molar-refractivity contribution is 5.85. The second-order valence-electron chi connectivity index (χ2n) is 7.31. The average Bonchev–Trinajstić information content (AvgIpc) is 3.20. The van der Waals surface area contributed by atoms with Crippen LogP contribution in [0.15, 0.2) is 30.5 Å². The van der Waals surface area contributed by atoms with Gasteiger partial charge in [0.05, 0.1) is 12.1 Å². The maximum atomic E-state index is 14.9. The summed E-state index contributed by atoms with van der Waals surface area (Å²) in [7, 11) is 0. The molecule has 0 unspecified atom stereocenters. The summed E-state index contributed by atoms with van der Waals surface area (Å²) in [4.78, 5) is 16.2. The molecule has 0 radical (unpaired) electrons. The van der Waals surface area contributed by atoms with E-state index in [9.17, 15) is 13.6 Å². The topological polar surface area (TPSA) is 39.2 Å². The maximum absolute atomic E-state index is 14.9. The second-order valence-corrected chi connectivity index (χ2v) is 7.31. The van der Waals surface area contributed by atoms with Gasteiger partial charge in [-0.25, -0.2) is 13.6 Å². The summed E-state index contributed by atoms with van der Waals surface area (Å²) in [5, 5.41) is 0.830. The van der Waals surface area contributed by atoms with Gasteiger partial charge >= 0.3 is 5.97 Å². The first-order chi connectivity index (χ1) is 12.0. The van der Waals surface area contributed by atoms with Crippen molar-refractivity contribution in [1.82, 2.24) is 4.98 Å². The lowest BCUT2D eigenvalue weighted by Crippen LogP contribution is -2.30. The molecule has 2 fully saturated rings. The Morgan fingerprint density at radius 1 is 1.32 bits per heavy atom. The summed E-state index contributed by atoms with van der Waals surface area (Å²) in [6.45, 7) is 1.90. The summed E-state index contributed by atoms with van der Waals surface area (Å²) in [5.41, 5.74) is -0.512. The van der Waals surface area contributed by atoms with Crippen LogP contribution in [0.3, 0.4) is 0 Å². The van der Waals surface area contributed by atoms with E-state index < -0.39 is 17.1 Å². The SMILES string of the molecule is CCOC(=O)[C@@]1(F)CC12CCC(c1ccnc3ccc(F)cc13)CC2. The highest BCUT2D eigenvalue weighted by Crippen LogP contribution is 2.68. The molecule has 2 aromatic rings. The van der Waals surface area contributed by atoms with E-state index in [0.717, 1.165) is 29.3 Å². The molecule has 0 aliphatic heterocycles. The highest BCUT2D eigenvalue weighted by atomic mass is 19.1. The third kappa shape index (κ3) is 2.52. The molecular weight excluding hydrogens is 324 g/mol. The van der Waals surface area contributed by atoms with Crippen LogP contribution in [0.1, 0.15) is 50.5 Å². The molecular formula is C20H21F2NO2. The molecule has 25 heavy (non-hydrogen) atoms. The number of alkyl halides is 1. The molecule has 2 aliphatic carbocycles. The first-order valence-electron chi connectivity index (χ1n) is 8.89. The van der Waals surface area contributed by atoms with Crippen LogP contribution in [0.2, 0.25) is 0 Å². The van der Waals surface area contributed by atoms with Crippen LogP contribution in [0, 0.1) is 11.2 Å². The minimum absolute atomic E-state index is 0.206. The van der Waals surface area contributed by atoms with Gasteiger partial charge in [0, 0.05) is 23.4 Å². The lowest BCUT2D eigenvalue weighted by molar-refractivity contribution is -0.153. The smallest absolute Gasteiger partial charge is 0.344 e. The van der Waals surface area contributed by atoms with Gasteiger partial charge in [-0.05, 0) is 68.4 Å². The number of hydrogen-bond acceptors (Lipinski definition) is 3. The summed E-state index contributed by atoms with van der Waals surface area (Å²) in [5.74, 6) is -0.740. The van der Waals surface area contributed by atoms with Crippen molar-refractivity contribution in [3.8, 4) is 0 Å². The van der Waals surface area contributed by atoms with Gasteiger partial charge in [-0.15, -0.1) is 0 Å². The Kier molecular flexibility index (Phi) is 3.78.